The van der Waals surface area contributed by atoms with Gasteiger partial charge in [0.25, 0.3) is 0 Å². The van der Waals surface area contributed by atoms with E-state index in [-0.39, 0.29) is 5.56 Å². The lowest BCUT2D eigenvalue weighted by Crippen LogP contribution is -2.26. The van der Waals surface area contributed by atoms with Crippen LogP contribution in [0.1, 0.15) is 27.0 Å². The molecule has 0 saturated carbocycles. The van der Waals surface area contributed by atoms with Crippen molar-refractivity contribution in [2.24, 2.45) is 10.2 Å². The molecule has 0 aliphatic carbocycles. The predicted octanol–water partition coefficient (Wildman–Crippen LogP) is 6.46. The minimum atomic E-state index is -0.967. The largest absolute Gasteiger partial charge is 0.478 e. The van der Waals surface area contributed by atoms with Crippen LogP contribution in [0.15, 0.2) is 125 Å². The summed E-state index contributed by atoms with van der Waals surface area (Å²) in [5, 5.41) is 18.6. The Morgan fingerprint density at radius 1 is 0.600 bits per heavy atom. The SMILES string of the molecule is O=C(O)c1ccc(/N=N/C(c2ccccc2)(c2ccccc2)c2ccccc2)cc1. The van der Waals surface area contributed by atoms with Crippen LogP contribution in [0.25, 0.3) is 0 Å². The van der Waals surface area contributed by atoms with E-state index in [1.165, 1.54) is 12.1 Å². The molecule has 146 valence electrons. The van der Waals surface area contributed by atoms with Gasteiger partial charge in [-0.3, -0.25) is 0 Å². The van der Waals surface area contributed by atoms with Crippen LogP contribution in [-0.4, -0.2) is 11.1 Å². The summed E-state index contributed by atoms with van der Waals surface area (Å²) in [4.78, 5) is 11.1. The summed E-state index contributed by atoms with van der Waals surface area (Å²) in [6, 6.07) is 36.6. The van der Waals surface area contributed by atoms with Crippen LogP contribution in [-0.2, 0) is 5.54 Å². The molecule has 4 nitrogen and oxygen atoms in total. The molecule has 0 aliphatic heterocycles. The summed E-state index contributed by atoms with van der Waals surface area (Å²) in [6.45, 7) is 0. The Kier molecular flexibility index (Phi) is 5.48. The van der Waals surface area contributed by atoms with E-state index in [9.17, 15) is 4.79 Å². The maximum Gasteiger partial charge on any atom is 0.335 e. The van der Waals surface area contributed by atoms with Crippen LogP contribution in [0, 0.1) is 0 Å². The second kappa shape index (κ2) is 8.53. The van der Waals surface area contributed by atoms with Crippen LogP contribution in [0.4, 0.5) is 5.69 Å². The van der Waals surface area contributed by atoms with Gasteiger partial charge >= 0.3 is 5.97 Å². The second-order valence-electron chi connectivity index (χ2n) is 6.86. The molecule has 0 heterocycles. The van der Waals surface area contributed by atoms with E-state index in [0.717, 1.165) is 16.7 Å². The Morgan fingerprint density at radius 2 is 1.00 bits per heavy atom. The van der Waals surface area contributed by atoms with Gasteiger partial charge in [0.1, 0.15) is 0 Å². The van der Waals surface area contributed by atoms with Crippen molar-refractivity contribution < 1.29 is 9.90 Å². The fraction of sp³-hybridized carbons (Fsp3) is 0.0385. The molecule has 0 amide bonds. The lowest BCUT2D eigenvalue weighted by atomic mass is 9.78. The first-order valence-corrected chi connectivity index (χ1v) is 9.63. The molecule has 0 aliphatic rings. The van der Waals surface area contributed by atoms with Gasteiger partial charge in [0, 0.05) is 0 Å². The van der Waals surface area contributed by atoms with Crippen molar-refractivity contribution in [3.63, 3.8) is 0 Å². The molecular formula is C26H20N2O2. The number of carboxylic acid groups (broad SMARTS) is 1. The first-order chi connectivity index (χ1) is 14.7. The number of rotatable bonds is 6. The molecule has 4 aromatic rings. The average molecular weight is 392 g/mol. The molecule has 0 saturated heterocycles. The maximum atomic E-state index is 11.1. The van der Waals surface area contributed by atoms with Crippen LogP contribution >= 0.6 is 0 Å². The Morgan fingerprint density at radius 3 is 1.37 bits per heavy atom. The smallest absolute Gasteiger partial charge is 0.335 e. The second-order valence-corrected chi connectivity index (χ2v) is 6.86. The molecule has 1 N–H and O–H groups in total. The number of carboxylic acids is 1. The van der Waals surface area contributed by atoms with Crippen molar-refractivity contribution in [3.8, 4) is 0 Å². The third-order valence-corrected chi connectivity index (χ3v) is 5.00. The number of hydrogen-bond acceptors (Lipinski definition) is 3. The van der Waals surface area contributed by atoms with Gasteiger partial charge in [-0.15, -0.1) is 0 Å². The first-order valence-electron chi connectivity index (χ1n) is 9.63. The summed E-state index contributed by atoms with van der Waals surface area (Å²) in [7, 11) is 0. The monoisotopic (exact) mass is 392 g/mol. The zero-order valence-corrected chi connectivity index (χ0v) is 16.2. The van der Waals surface area contributed by atoms with Gasteiger partial charge in [-0.2, -0.15) is 10.2 Å². The van der Waals surface area contributed by atoms with Gasteiger partial charge in [0.2, 0.25) is 0 Å². The average Bonchev–Trinajstić information content (AvgIpc) is 2.82. The molecule has 0 fully saturated rings. The minimum Gasteiger partial charge on any atom is -0.478 e. The molecule has 4 heteroatoms. The molecular weight excluding hydrogens is 372 g/mol. The van der Waals surface area contributed by atoms with Crippen molar-refractivity contribution >= 4 is 11.7 Å². The van der Waals surface area contributed by atoms with E-state index < -0.39 is 11.5 Å². The van der Waals surface area contributed by atoms with E-state index in [1.807, 2.05) is 91.0 Å². The minimum absolute atomic E-state index is 0.217. The Balaban J connectivity index is 1.92. The number of azo groups is 1. The predicted molar refractivity (Wildman–Crippen MR) is 117 cm³/mol. The summed E-state index contributed by atoms with van der Waals surface area (Å²) in [5.41, 5.74) is 2.95. The quantitative estimate of drug-likeness (QED) is 0.302. The van der Waals surface area contributed by atoms with Crippen LogP contribution in [0.3, 0.4) is 0 Å². The third-order valence-electron chi connectivity index (χ3n) is 5.00. The number of hydrogen-bond donors (Lipinski definition) is 1. The molecule has 0 unspecified atom stereocenters. The molecule has 0 radical (unpaired) electrons. The zero-order valence-electron chi connectivity index (χ0n) is 16.2. The highest BCUT2D eigenvalue weighted by molar-refractivity contribution is 5.87. The van der Waals surface area contributed by atoms with Gasteiger partial charge in [-0.05, 0) is 41.0 Å². The summed E-state index contributed by atoms with van der Waals surface area (Å²) >= 11 is 0. The number of benzene rings is 4. The fourth-order valence-electron chi connectivity index (χ4n) is 3.51. The lowest BCUT2D eigenvalue weighted by molar-refractivity contribution is 0.0697. The standard InChI is InChI=1S/C26H20N2O2/c29-25(30)20-16-18-24(19-17-20)27-28-26(21-10-4-1-5-11-21,22-12-6-2-7-13-22)23-14-8-3-9-15-23/h1-19H,(H,29,30)/b28-27+. The summed E-state index contributed by atoms with van der Waals surface area (Å²) in [6.07, 6.45) is 0. The van der Waals surface area contributed by atoms with E-state index >= 15 is 0 Å². The van der Waals surface area contributed by atoms with Crippen molar-refractivity contribution in [2.45, 2.75) is 5.54 Å². The van der Waals surface area contributed by atoms with Gasteiger partial charge in [0.15, 0.2) is 5.54 Å². The molecule has 4 rings (SSSR count). The topological polar surface area (TPSA) is 62.0 Å². The van der Waals surface area contributed by atoms with Gasteiger partial charge in [-0.1, -0.05) is 91.0 Å². The third kappa shape index (κ3) is 3.76. The molecule has 0 aromatic heterocycles. The fourth-order valence-corrected chi connectivity index (χ4v) is 3.51. The van der Waals surface area contributed by atoms with Crippen LogP contribution < -0.4 is 0 Å². The number of carbonyl (C=O) groups is 1. The maximum absolute atomic E-state index is 11.1. The number of nitrogens with zero attached hydrogens (tertiary/aromatic N) is 2. The number of aromatic carboxylic acids is 1. The van der Waals surface area contributed by atoms with Crippen molar-refractivity contribution in [1.29, 1.82) is 0 Å². The normalized spacial score (nSPS) is 11.5. The zero-order chi connectivity index (χ0) is 20.8. The molecule has 0 bridgehead atoms. The highest BCUT2D eigenvalue weighted by atomic mass is 16.4. The van der Waals surface area contributed by atoms with Crippen molar-refractivity contribution in [2.75, 3.05) is 0 Å². The van der Waals surface area contributed by atoms with Crippen molar-refractivity contribution in [3.05, 3.63) is 138 Å². The highest BCUT2D eigenvalue weighted by Gasteiger charge is 2.36. The molecule has 4 aromatic carbocycles. The lowest BCUT2D eigenvalue weighted by Gasteiger charge is -2.30. The molecule has 0 spiro atoms. The summed E-state index contributed by atoms with van der Waals surface area (Å²) in [5.74, 6) is -0.967. The van der Waals surface area contributed by atoms with Crippen molar-refractivity contribution in [1.82, 2.24) is 0 Å². The van der Waals surface area contributed by atoms with Gasteiger partial charge < -0.3 is 5.11 Å². The van der Waals surface area contributed by atoms with E-state index in [1.54, 1.807) is 12.1 Å². The van der Waals surface area contributed by atoms with Crippen LogP contribution in [0.2, 0.25) is 0 Å². The van der Waals surface area contributed by atoms with Gasteiger partial charge in [-0.25, -0.2) is 4.79 Å². The van der Waals surface area contributed by atoms with E-state index in [0.29, 0.717) is 5.69 Å². The Bertz CT molecular complexity index is 1040. The van der Waals surface area contributed by atoms with E-state index in [4.69, 9.17) is 10.2 Å². The van der Waals surface area contributed by atoms with Gasteiger partial charge in [0.05, 0.1) is 11.3 Å². The Labute approximate surface area is 175 Å². The molecule has 30 heavy (non-hydrogen) atoms. The molecule has 0 atom stereocenters. The highest BCUT2D eigenvalue weighted by Crippen LogP contribution is 2.41. The van der Waals surface area contributed by atoms with E-state index in [2.05, 4.69) is 5.11 Å². The van der Waals surface area contributed by atoms with Crippen LogP contribution in [0.5, 0.6) is 0 Å². The first kappa shape index (κ1) is 19.3. The summed E-state index contributed by atoms with van der Waals surface area (Å²) < 4.78 is 0. The Hall–Kier alpha value is -4.05.